The first-order valence-corrected chi connectivity index (χ1v) is 9.63. The first kappa shape index (κ1) is 20.8. The van der Waals surface area contributed by atoms with Crippen molar-refractivity contribution in [2.24, 2.45) is 0 Å². The summed E-state index contributed by atoms with van der Waals surface area (Å²) in [6.45, 7) is 11.1. The minimum absolute atomic E-state index is 0. The van der Waals surface area contributed by atoms with Gasteiger partial charge in [0.1, 0.15) is 0 Å². The fourth-order valence-electron chi connectivity index (χ4n) is 3.23. The molecule has 0 bridgehead atoms. The third-order valence-electron chi connectivity index (χ3n) is 4.41. The number of nitrogens with one attached hydrogen (secondary N) is 2. The van der Waals surface area contributed by atoms with Crippen LogP contribution >= 0.6 is 23.7 Å². The highest BCUT2D eigenvalue weighted by Gasteiger charge is 2.16. The molecule has 1 amide bonds. The molecule has 2 aromatic rings. The van der Waals surface area contributed by atoms with E-state index in [9.17, 15) is 4.79 Å². The van der Waals surface area contributed by atoms with Crippen LogP contribution in [0.4, 0.5) is 0 Å². The highest BCUT2D eigenvalue weighted by molar-refractivity contribution is 7.15. The van der Waals surface area contributed by atoms with Crippen molar-refractivity contribution >= 4 is 29.7 Å². The van der Waals surface area contributed by atoms with E-state index < -0.39 is 0 Å². The number of halogens is 1. The second-order valence-electron chi connectivity index (χ2n) is 6.65. The van der Waals surface area contributed by atoms with Gasteiger partial charge in [0.25, 0.3) is 5.91 Å². The van der Waals surface area contributed by atoms with E-state index in [4.69, 9.17) is 0 Å². The van der Waals surface area contributed by atoms with Crippen LogP contribution < -0.4 is 10.6 Å². The standard InChI is InChI=1S/C19H26N4OS.ClH/c1-13(12-23-9-7-20-8-10-23)21-19(24)17-6-4-5-16(11-17)18-14(2)22-15(3)25-18;/h4-6,11,13,20H,7-10,12H2,1-3H3,(H,21,24);1H/t13-;/m0./s1. The third-order valence-corrected chi connectivity index (χ3v) is 5.53. The molecule has 2 N–H and O–H groups in total. The van der Waals surface area contributed by atoms with E-state index >= 15 is 0 Å². The average Bonchev–Trinajstić information content (AvgIpc) is 2.94. The number of piperazine rings is 1. The van der Waals surface area contributed by atoms with Gasteiger partial charge in [-0.3, -0.25) is 9.69 Å². The molecular weight excluding hydrogens is 368 g/mol. The van der Waals surface area contributed by atoms with Gasteiger partial charge in [-0.05, 0) is 38.5 Å². The van der Waals surface area contributed by atoms with Crippen molar-refractivity contribution in [2.75, 3.05) is 32.7 Å². The van der Waals surface area contributed by atoms with Gasteiger partial charge in [0.2, 0.25) is 0 Å². The van der Waals surface area contributed by atoms with Crippen molar-refractivity contribution in [2.45, 2.75) is 26.8 Å². The number of carbonyl (C=O) groups is 1. The van der Waals surface area contributed by atoms with Crippen molar-refractivity contribution in [3.05, 3.63) is 40.5 Å². The number of nitrogens with zero attached hydrogens (tertiary/aromatic N) is 2. The van der Waals surface area contributed by atoms with Crippen molar-refractivity contribution in [3.8, 4) is 10.4 Å². The topological polar surface area (TPSA) is 57.3 Å². The summed E-state index contributed by atoms with van der Waals surface area (Å²) in [5, 5.41) is 7.53. The van der Waals surface area contributed by atoms with Gasteiger partial charge in [-0.15, -0.1) is 23.7 Å². The van der Waals surface area contributed by atoms with E-state index in [1.54, 1.807) is 11.3 Å². The van der Waals surface area contributed by atoms with E-state index in [-0.39, 0.29) is 24.4 Å². The summed E-state index contributed by atoms with van der Waals surface area (Å²) in [4.78, 5) is 20.6. The van der Waals surface area contributed by atoms with Crippen LogP contribution in [0.1, 0.15) is 28.0 Å². The Labute approximate surface area is 165 Å². The molecule has 1 atom stereocenters. The lowest BCUT2D eigenvalue weighted by molar-refractivity contribution is 0.0927. The van der Waals surface area contributed by atoms with Gasteiger partial charge in [0.05, 0.1) is 15.6 Å². The summed E-state index contributed by atoms with van der Waals surface area (Å²) in [7, 11) is 0. The monoisotopic (exact) mass is 394 g/mol. The first-order chi connectivity index (χ1) is 12.0. The smallest absolute Gasteiger partial charge is 0.251 e. The number of aryl methyl sites for hydroxylation is 2. The quantitative estimate of drug-likeness (QED) is 0.818. The van der Waals surface area contributed by atoms with Crippen molar-refractivity contribution < 1.29 is 4.79 Å². The summed E-state index contributed by atoms with van der Waals surface area (Å²) in [5.41, 5.74) is 2.78. The van der Waals surface area contributed by atoms with E-state index in [1.807, 2.05) is 38.1 Å². The van der Waals surface area contributed by atoms with Gasteiger partial charge in [-0.2, -0.15) is 0 Å². The Morgan fingerprint density at radius 1 is 1.35 bits per heavy atom. The minimum atomic E-state index is -0.0108. The lowest BCUT2D eigenvalue weighted by Crippen LogP contribution is -2.49. The number of amides is 1. The molecule has 1 saturated heterocycles. The lowest BCUT2D eigenvalue weighted by atomic mass is 10.1. The molecule has 0 aliphatic carbocycles. The Hall–Kier alpha value is -1.47. The summed E-state index contributed by atoms with van der Waals surface area (Å²) in [6, 6.07) is 7.95. The molecule has 0 spiro atoms. The van der Waals surface area contributed by atoms with Gasteiger partial charge in [0, 0.05) is 44.3 Å². The SMILES string of the molecule is Cc1nc(C)c(-c2cccc(C(=O)N[C@@H](C)CN3CCNCC3)c2)s1.Cl. The van der Waals surface area contributed by atoms with Crippen LogP contribution in [0.25, 0.3) is 10.4 Å². The van der Waals surface area contributed by atoms with Crippen LogP contribution in [-0.2, 0) is 0 Å². The predicted molar refractivity (Wildman–Crippen MR) is 111 cm³/mol. The molecule has 0 saturated carbocycles. The van der Waals surface area contributed by atoms with Crippen molar-refractivity contribution in [3.63, 3.8) is 0 Å². The highest BCUT2D eigenvalue weighted by Crippen LogP contribution is 2.30. The normalized spacial score (nSPS) is 16.0. The first-order valence-electron chi connectivity index (χ1n) is 8.81. The van der Waals surface area contributed by atoms with E-state index in [2.05, 4.69) is 27.4 Å². The van der Waals surface area contributed by atoms with Crippen LogP contribution in [0.2, 0.25) is 0 Å². The fourth-order valence-corrected chi connectivity index (χ4v) is 4.15. The van der Waals surface area contributed by atoms with Crippen LogP contribution in [0.15, 0.2) is 24.3 Å². The Morgan fingerprint density at radius 2 is 2.08 bits per heavy atom. The molecule has 0 unspecified atom stereocenters. The van der Waals surface area contributed by atoms with E-state index in [1.165, 1.54) is 0 Å². The maximum Gasteiger partial charge on any atom is 0.251 e. The van der Waals surface area contributed by atoms with Gasteiger partial charge in [-0.1, -0.05) is 12.1 Å². The number of hydrogen-bond donors (Lipinski definition) is 2. The van der Waals surface area contributed by atoms with Gasteiger partial charge < -0.3 is 10.6 Å². The van der Waals surface area contributed by atoms with Gasteiger partial charge in [0.15, 0.2) is 0 Å². The van der Waals surface area contributed by atoms with Gasteiger partial charge >= 0.3 is 0 Å². The summed E-state index contributed by atoms with van der Waals surface area (Å²) in [6.07, 6.45) is 0. The van der Waals surface area contributed by atoms with Crippen LogP contribution in [-0.4, -0.2) is 54.6 Å². The largest absolute Gasteiger partial charge is 0.348 e. The predicted octanol–water partition coefficient (Wildman–Crippen LogP) is 2.87. The van der Waals surface area contributed by atoms with Crippen LogP contribution in [0.3, 0.4) is 0 Å². The Kier molecular flexibility index (Phi) is 7.58. The zero-order valence-electron chi connectivity index (χ0n) is 15.5. The molecule has 1 aliphatic heterocycles. The van der Waals surface area contributed by atoms with E-state index in [0.717, 1.165) is 53.9 Å². The van der Waals surface area contributed by atoms with Gasteiger partial charge in [-0.25, -0.2) is 4.98 Å². The van der Waals surface area contributed by atoms with Crippen LogP contribution in [0, 0.1) is 13.8 Å². The molecule has 1 aromatic carbocycles. The highest BCUT2D eigenvalue weighted by atomic mass is 35.5. The number of aromatic nitrogens is 1. The molecule has 1 fully saturated rings. The second-order valence-corrected chi connectivity index (χ2v) is 7.86. The second kappa shape index (κ2) is 9.46. The molecule has 0 radical (unpaired) electrons. The molecule has 1 aromatic heterocycles. The molecule has 5 nitrogen and oxygen atoms in total. The van der Waals surface area contributed by atoms with Crippen molar-refractivity contribution in [1.29, 1.82) is 0 Å². The van der Waals surface area contributed by atoms with Crippen molar-refractivity contribution in [1.82, 2.24) is 20.5 Å². The number of benzene rings is 1. The van der Waals surface area contributed by atoms with E-state index in [0.29, 0.717) is 5.56 Å². The molecule has 26 heavy (non-hydrogen) atoms. The fraction of sp³-hybridized carbons (Fsp3) is 0.474. The molecule has 3 rings (SSSR count). The number of rotatable bonds is 5. The minimum Gasteiger partial charge on any atom is -0.348 e. The third kappa shape index (κ3) is 5.27. The number of carbonyl (C=O) groups excluding carboxylic acids is 1. The maximum atomic E-state index is 12.6. The molecule has 7 heteroatoms. The molecule has 142 valence electrons. The molecule has 1 aliphatic rings. The zero-order chi connectivity index (χ0) is 17.8. The zero-order valence-corrected chi connectivity index (χ0v) is 17.2. The van der Waals surface area contributed by atoms with Crippen LogP contribution in [0.5, 0.6) is 0 Å². The summed E-state index contributed by atoms with van der Waals surface area (Å²) >= 11 is 1.67. The molecule has 2 heterocycles. The Morgan fingerprint density at radius 3 is 2.73 bits per heavy atom. The number of thiazole rings is 1. The maximum absolute atomic E-state index is 12.6. The average molecular weight is 395 g/mol. The Bertz CT molecular complexity index is 743. The molecular formula is C19H27ClN4OS. The Balaban J connectivity index is 0.00000243. The summed E-state index contributed by atoms with van der Waals surface area (Å²) < 4.78 is 0. The summed E-state index contributed by atoms with van der Waals surface area (Å²) in [5.74, 6) is -0.0108. The lowest BCUT2D eigenvalue weighted by Gasteiger charge is -2.29. The number of hydrogen-bond acceptors (Lipinski definition) is 5.